The van der Waals surface area contributed by atoms with Crippen molar-refractivity contribution >= 4 is 17.1 Å². The van der Waals surface area contributed by atoms with Crippen molar-refractivity contribution in [2.24, 2.45) is 11.7 Å². The number of hydrogen-bond donors (Lipinski definition) is 1. The monoisotopic (exact) mass is 456 g/mol. The molecule has 2 heterocycles. The standard InChI is InChI=1S/C27H32N6O/c1-20-9-11-23(12-10-20)27(34)32(14-6-13-28)17-21(2)15-25-31-24-16-29-19-30-26(24)33(25)18-22-7-4-3-5-8-22/h3-5,7-12,16,19,21H,6,13-15,17-18,28H2,1-2H3. The summed E-state index contributed by atoms with van der Waals surface area (Å²) >= 11 is 0. The molecule has 176 valence electrons. The highest BCUT2D eigenvalue weighted by molar-refractivity contribution is 5.94. The van der Waals surface area contributed by atoms with Gasteiger partial charge in [0.25, 0.3) is 5.91 Å². The topological polar surface area (TPSA) is 89.9 Å². The molecule has 1 unspecified atom stereocenters. The van der Waals surface area contributed by atoms with E-state index in [1.807, 2.05) is 54.3 Å². The van der Waals surface area contributed by atoms with Gasteiger partial charge in [0.1, 0.15) is 17.7 Å². The van der Waals surface area contributed by atoms with Crippen LogP contribution in [0.2, 0.25) is 0 Å². The maximum Gasteiger partial charge on any atom is 0.253 e. The van der Waals surface area contributed by atoms with Gasteiger partial charge in [0, 0.05) is 25.1 Å². The summed E-state index contributed by atoms with van der Waals surface area (Å²) in [5.41, 5.74) is 10.4. The molecule has 0 saturated carbocycles. The molecule has 1 atom stereocenters. The van der Waals surface area contributed by atoms with Crippen LogP contribution in [-0.2, 0) is 13.0 Å². The second-order valence-corrected chi connectivity index (χ2v) is 8.90. The minimum absolute atomic E-state index is 0.0453. The van der Waals surface area contributed by atoms with E-state index in [1.165, 1.54) is 5.56 Å². The molecule has 0 saturated heterocycles. The third kappa shape index (κ3) is 5.66. The molecular formula is C27H32N6O. The molecule has 2 N–H and O–H groups in total. The number of hydrogen-bond acceptors (Lipinski definition) is 5. The zero-order valence-corrected chi connectivity index (χ0v) is 19.9. The molecule has 1 amide bonds. The van der Waals surface area contributed by atoms with E-state index in [2.05, 4.69) is 33.6 Å². The fourth-order valence-electron chi connectivity index (χ4n) is 4.20. The normalized spacial score (nSPS) is 12.1. The van der Waals surface area contributed by atoms with Crippen LogP contribution in [0.1, 0.15) is 40.7 Å². The SMILES string of the molecule is Cc1ccc(C(=O)N(CCCN)CC(C)Cc2nc3cncnc3n2Cc2ccccc2)cc1. The molecule has 0 fully saturated rings. The van der Waals surface area contributed by atoms with Crippen LogP contribution in [0.4, 0.5) is 0 Å². The van der Waals surface area contributed by atoms with Gasteiger partial charge in [0.15, 0.2) is 5.65 Å². The Morgan fingerprint density at radius 3 is 2.62 bits per heavy atom. The van der Waals surface area contributed by atoms with Gasteiger partial charge in [-0.25, -0.2) is 15.0 Å². The van der Waals surface area contributed by atoms with Crippen LogP contribution >= 0.6 is 0 Å². The van der Waals surface area contributed by atoms with Gasteiger partial charge in [-0.1, -0.05) is 55.0 Å². The number of amides is 1. The predicted molar refractivity (Wildman–Crippen MR) is 134 cm³/mol. The molecule has 7 nitrogen and oxygen atoms in total. The first-order valence-electron chi connectivity index (χ1n) is 11.8. The molecule has 34 heavy (non-hydrogen) atoms. The number of fused-ring (bicyclic) bond motifs is 1. The largest absolute Gasteiger partial charge is 0.338 e. The number of benzene rings is 2. The van der Waals surface area contributed by atoms with E-state index < -0.39 is 0 Å². The molecule has 2 aromatic heterocycles. The van der Waals surface area contributed by atoms with E-state index in [4.69, 9.17) is 10.7 Å². The lowest BCUT2D eigenvalue weighted by atomic mass is 10.0. The average molecular weight is 457 g/mol. The zero-order valence-electron chi connectivity index (χ0n) is 19.9. The molecular weight excluding hydrogens is 424 g/mol. The maximum absolute atomic E-state index is 13.2. The molecule has 0 aliphatic carbocycles. The summed E-state index contributed by atoms with van der Waals surface area (Å²) < 4.78 is 2.16. The van der Waals surface area contributed by atoms with Crippen molar-refractivity contribution in [1.29, 1.82) is 0 Å². The van der Waals surface area contributed by atoms with E-state index in [9.17, 15) is 4.79 Å². The Morgan fingerprint density at radius 1 is 1.12 bits per heavy atom. The third-order valence-corrected chi connectivity index (χ3v) is 5.95. The van der Waals surface area contributed by atoms with Crippen LogP contribution in [0, 0.1) is 12.8 Å². The van der Waals surface area contributed by atoms with Crippen LogP contribution in [0.5, 0.6) is 0 Å². The minimum atomic E-state index is 0.0453. The van der Waals surface area contributed by atoms with Crippen LogP contribution < -0.4 is 5.73 Å². The van der Waals surface area contributed by atoms with Crippen molar-refractivity contribution in [3.05, 3.63) is 89.6 Å². The summed E-state index contributed by atoms with van der Waals surface area (Å²) in [6.45, 7) is 6.70. The molecule has 0 aliphatic heterocycles. The first kappa shape index (κ1) is 23.6. The molecule has 4 aromatic rings. The summed E-state index contributed by atoms with van der Waals surface area (Å²) in [6.07, 6.45) is 4.82. The number of aryl methyl sites for hydroxylation is 1. The van der Waals surface area contributed by atoms with Crippen molar-refractivity contribution in [2.75, 3.05) is 19.6 Å². The molecule has 0 radical (unpaired) electrons. The first-order valence-corrected chi connectivity index (χ1v) is 11.8. The number of rotatable bonds is 10. The van der Waals surface area contributed by atoms with E-state index in [-0.39, 0.29) is 11.8 Å². The number of carbonyl (C=O) groups is 1. The van der Waals surface area contributed by atoms with Gasteiger partial charge in [0.05, 0.1) is 12.7 Å². The highest BCUT2D eigenvalue weighted by atomic mass is 16.2. The Kier molecular flexibility index (Phi) is 7.65. The van der Waals surface area contributed by atoms with E-state index in [0.717, 1.165) is 35.4 Å². The second kappa shape index (κ2) is 11.0. The Labute approximate surface area is 200 Å². The van der Waals surface area contributed by atoms with Gasteiger partial charge >= 0.3 is 0 Å². The summed E-state index contributed by atoms with van der Waals surface area (Å²) in [7, 11) is 0. The zero-order chi connectivity index (χ0) is 23.9. The van der Waals surface area contributed by atoms with Gasteiger partial charge in [-0.15, -0.1) is 0 Å². The fraction of sp³-hybridized carbons (Fsp3) is 0.333. The van der Waals surface area contributed by atoms with E-state index in [0.29, 0.717) is 31.7 Å². The molecule has 0 spiro atoms. The Morgan fingerprint density at radius 2 is 1.88 bits per heavy atom. The second-order valence-electron chi connectivity index (χ2n) is 8.90. The van der Waals surface area contributed by atoms with Gasteiger partial charge in [-0.3, -0.25) is 4.79 Å². The summed E-state index contributed by atoms with van der Waals surface area (Å²) in [4.78, 5) is 28.7. The van der Waals surface area contributed by atoms with Gasteiger partial charge in [-0.2, -0.15) is 0 Å². The summed E-state index contributed by atoms with van der Waals surface area (Å²) in [6, 6.07) is 18.1. The average Bonchev–Trinajstić information content (AvgIpc) is 3.19. The molecule has 2 aromatic carbocycles. The fourth-order valence-corrected chi connectivity index (χ4v) is 4.20. The third-order valence-electron chi connectivity index (χ3n) is 5.95. The summed E-state index contributed by atoms with van der Waals surface area (Å²) in [5, 5.41) is 0. The lowest BCUT2D eigenvalue weighted by Gasteiger charge is -2.26. The van der Waals surface area contributed by atoms with E-state index in [1.54, 1.807) is 12.5 Å². The van der Waals surface area contributed by atoms with Crippen LogP contribution in [0.15, 0.2) is 67.1 Å². The molecule has 0 aliphatic rings. The lowest BCUT2D eigenvalue weighted by molar-refractivity contribution is 0.0730. The number of imidazole rings is 1. The Balaban J connectivity index is 1.55. The van der Waals surface area contributed by atoms with Crippen molar-refractivity contribution in [2.45, 2.75) is 33.2 Å². The molecule has 4 rings (SSSR count). The highest BCUT2D eigenvalue weighted by Crippen LogP contribution is 2.19. The minimum Gasteiger partial charge on any atom is -0.338 e. The molecule has 7 heteroatoms. The lowest BCUT2D eigenvalue weighted by Crippen LogP contribution is -2.37. The van der Waals surface area contributed by atoms with Crippen molar-refractivity contribution in [3.8, 4) is 0 Å². The predicted octanol–water partition coefficient (Wildman–Crippen LogP) is 3.85. The van der Waals surface area contributed by atoms with Crippen LogP contribution in [0.25, 0.3) is 11.2 Å². The van der Waals surface area contributed by atoms with Crippen molar-refractivity contribution in [3.63, 3.8) is 0 Å². The summed E-state index contributed by atoms with van der Waals surface area (Å²) in [5.74, 6) is 1.20. The highest BCUT2D eigenvalue weighted by Gasteiger charge is 2.21. The Bertz CT molecular complexity index is 1220. The number of aromatic nitrogens is 4. The number of carbonyl (C=O) groups excluding carboxylic acids is 1. The Hall–Kier alpha value is -3.58. The smallest absolute Gasteiger partial charge is 0.253 e. The quantitative estimate of drug-likeness (QED) is 0.391. The van der Waals surface area contributed by atoms with E-state index >= 15 is 0 Å². The molecule has 0 bridgehead atoms. The van der Waals surface area contributed by atoms with Crippen LogP contribution in [-0.4, -0.2) is 50.0 Å². The van der Waals surface area contributed by atoms with Crippen molar-refractivity contribution in [1.82, 2.24) is 24.4 Å². The van der Waals surface area contributed by atoms with Crippen molar-refractivity contribution < 1.29 is 4.79 Å². The van der Waals surface area contributed by atoms with Gasteiger partial charge in [0.2, 0.25) is 0 Å². The van der Waals surface area contributed by atoms with Crippen LogP contribution in [0.3, 0.4) is 0 Å². The van der Waals surface area contributed by atoms with Gasteiger partial charge in [-0.05, 0) is 43.5 Å². The number of nitrogens with zero attached hydrogens (tertiary/aromatic N) is 5. The van der Waals surface area contributed by atoms with Gasteiger partial charge < -0.3 is 15.2 Å². The number of nitrogens with two attached hydrogens (primary N) is 1. The first-order chi connectivity index (χ1) is 16.5. The maximum atomic E-state index is 13.2.